The number of carbonyl (C=O) groups excluding carboxylic acids is 2. The first-order chi connectivity index (χ1) is 16.0. The van der Waals surface area contributed by atoms with E-state index in [4.69, 9.17) is 9.15 Å². The van der Waals surface area contributed by atoms with Crippen molar-refractivity contribution >= 4 is 39.1 Å². The molecule has 0 bridgehead atoms. The van der Waals surface area contributed by atoms with Gasteiger partial charge in [0.05, 0.1) is 18.2 Å². The first-order valence-electron chi connectivity index (χ1n) is 10.3. The van der Waals surface area contributed by atoms with Gasteiger partial charge in [0.15, 0.2) is 11.5 Å². The van der Waals surface area contributed by atoms with Gasteiger partial charge in [-0.05, 0) is 43.7 Å². The zero-order chi connectivity index (χ0) is 23.1. The number of ketones is 1. The van der Waals surface area contributed by atoms with Crippen LogP contribution in [0.1, 0.15) is 34.1 Å². The Morgan fingerprint density at radius 2 is 1.94 bits per heavy atom. The Balaban J connectivity index is 1.63. The maximum atomic E-state index is 13.6. The van der Waals surface area contributed by atoms with E-state index in [2.05, 4.69) is 10.2 Å². The van der Waals surface area contributed by atoms with Gasteiger partial charge < -0.3 is 14.3 Å². The van der Waals surface area contributed by atoms with Crippen LogP contribution in [0.4, 0.5) is 5.13 Å². The highest BCUT2D eigenvalue weighted by Gasteiger charge is 2.46. The van der Waals surface area contributed by atoms with E-state index in [0.717, 1.165) is 5.39 Å². The van der Waals surface area contributed by atoms with E-state index >= 15 is 0 Å². The number of benzene rings is 2. The summed E-state index contributed by atoms with van der Waals surface area (Å²) >= 11 is 1.20. The molecule has 0 aliphatic carbocycles. The van der Waals surface area contributed by atoms with Crippen LogP contribution in [0.5, 0.6) is 5.75 Å². The zero-order valence-corrected chi connectivity index (χ0v) is 18.6. The third-order valence-electron chi connectivity index (χ3n) is 5.33. The molecule has 2 aromatic carbocycles. The molecule has 166 valence electrons. The number of nitrogens with zero attached hydrogens (tertiary/aromatic N) is 3. The summed E-state index contributed by atoms with van der Waals surface area (Å²) in [7, 11) is 0. The normalized spacial score (nSPS) is 16.1. The molecule has 3 heterocycles. The Morgan fingerprint density at radius 1 is 1.18 bits per heavy atom. The number of aliphatic hydroxyl groups excluding tert-OH is 1. The Hall–Kier alpha value is -3.98. The van der Waals surface area contributed by atoms with Crippen molar-refractivity contribution in [2.75, 3.05) is 11.5 Å². The number of hydrogen-bond acceptors (Lipinski definition) is 8. The minimum atomic E-state index is -0.902. The number of furan rings is 1. The number of anilines is 1. The van der Waals surface area contributed by atoms with Gasteiger partial charge in [-0.25, -0.2) is 0 Å². The summed E-state index contributed by atoms with van der Waals surface area (Å²) in [6.07, 6.45) is 0. The quantitative estimate of drug-likeness (QED) is 0.412. The topological polar surface area (TPSA) is 106 Å². The number of aromatic nitrogens is 2. The zero-order valence-electron chi connectivity index (χ0n) is 17.8. The molecule has 0 spiro atoms. The summed E-state index contributed by atoms with van der Waals surface area (Å²) in [5.41, 5.74) is 1.08. The van der Waals surface area contributed by atoms with E-state index < -0.39 is 23.5 Å². The van der Waals surface area contributed by atoms with E-state index in [1.807, 2.05) is 19.1 Å². The van der Waals surface area contributed by atoms with Gasteiger partial charge in [0.2, 0.25) is 10.9 Å². The molecule has 1 aliphatic heterocycles. The van der Waals surface area contributed by atoms with Crippen molar-refractivity contribution in [2.45, 2.75) is 19.9 Å². The van der Waals surface area contributed by atoms with E-state index in [1.165, 1.54) is 16.2 Å². The highest BCUT2D eigenvalue weighted by atomic mass is 32.1. The lowest BCUT2D eigenvalue weighted by molar-refractivity contribution is -0.117. The highest BCUT2D eigenvalue weighted by Crippen LogP contribution is 2.43. The minimum absolute atomic E-state index is 0.0387. The molecule has 1 amide bonds. The molecular weight excluding hydrogens is 442 g/mol. The monoisotopic (exact) mass is 461 g/mol. The molecule has 1 N–H and O–H groups in total. The third kappa shape index (κ3) is 3.56. The highest BCUT2D eigenvalue weighted by molar-refractivity contribution is 7.15. The number of hydrogen-bond donors (Lipinski definition) is 1. The van der Waals surface area contributed by atoms with E-state index in [9.17, 15) is 14.7 Å². The molecule has 0 radical (unpaired) electrons. The number of fused-ring (bicyclic) bond motifs is 1. The van der Waals surface area contributed by atoms with Gasteiger partial charge in [-0.2, -0.15) is 0 Å². The van der Waals surface area contributed by atoms with Crippen LogP contribution in [0.25, 0.3) is 11.0 Å². The lowest BCUT2D eigenvalue weighted by atomic mass is 9.95. The second kappa shape index (κ2) is 8.18. The second-order valence-corrected chi connectivity index (χ2v) is 8.58. The van der Waals surface area contributed by atoms with Crippen LogP contribution in [0.3, 0.4) is 0 Å². The summed E-state index contributed by atoms with van der Waals surface area (Å²) in [5, 5.41) is 20.6. The van der Waals surface area contributed by atoms with Gasteiger partial charge in [-0.1, -0.05) is 41.7 Å². The fraction of sp³-hybridized carbons (Fsp3) is 0.167. The van der Waals surface area contributed by atoms with Gasteiger partial charge >= 0.3 is 0 Å². The molecule has 0 saturated heterocycles. The average Bonchev–Trinajstić information content (AvgIpc) is 3.51. The number of aryl methyl sites for hydroxylation is 1. The van der Waals surface area contributed by atoms with Crippen LogP contribution in [-0.2, 0) is 4.79 Å². The lowest BCUT2D eigenvalue weighted by Crippen LogP contribution is -2.31. The smallest absolute Gasteiger partial charge is 0.296 e. The molecular formula is C24H19N3O5S. The predicted octanol–water partition coefficient (Wildman–Crippen LogP) is 4.77. The van der Waals surface area contributed by atoms with Crippen LogP contribution < -0.4 is 9.64 Å². The summed E-state index contributed by atoms with van der Waals surface area (Å²) in [6.45, 7) is 4.16. The Labute approximate surface area is 192 Å². The summed E-state index contributed by atoms with van der Waals surface area (Å²) in [6, 6.07) is 14.9. The van der Waals surface area contributed by atoms with Crippen molar-refractivity contribution < 1.29 is 23.8 Å². The molecule has 2 aromatic heterocycles. The maximum Gasteiger partial charge on any atom is 0.296 e. The lowest BCUT2D eigenvalue weighted by Gasteiger charge is -2.24. The van der Waals surface area contributed by atoms with Gasteiger partial charge in [-0.15, -0.1) is 10.2 Å². The van der Waals surface area contributed by atoms with E-state index in [-0.39, 0.29) is 16.5 Å². The van der Waals surface area contributed by atoms with Crippen molar-refractivity contribution in [2.24, 2.45) is 0 Å². The summed E-state index contributed by atoms with van der Waals surface area (Å²) in [5.74, 6) is -1.23. The van der Waals surface area contributed by atoms with E-state index in [1.54, 1.807) is 49.4 Å². The first kappa shape index (κ1) is 20.9. The van der Waals surface area contributed by atoms with Crippen LogP contribution in [0.2, 0.25) is 0 Å². The average molecular weight is 461 g/mol. The minimum Gasteiger partial charge on any atom is -0.503 e. The van der Waals surface area contributed by atoms with Crippen LogP contribution in [0, 0.1) is 6.92 Å². The molecule has 33 heavy (non-hydrogen) atoms. The standard InChI is InChI=1S/C24H19N3O5S/c1-3-31-16-10-8-14(9-11-16)20-19(21(28)18-12-15-6-4-5-7-17(15)32-18)22(29)23(30)27(20)24-26-25-13(2)33-24/h4-12,20,29H,3H2,1-2H3. The third-order valence-corrected chi connectivity index (χ3v) is 6.17. The van der Waals surface area contributed by atoms with Crippen molar-refractivity contribution in [1.82, 2.24) is 10.2 Å². The molecule has 0 saturated carbocycles. The number of Topliss-reactive ketones (excluding diaryl/α,β-unsaturated/α-hetero) is 1. The van der Waals surface area contributed by atoms with Crippen molar-refractivity contribution in [1.29, 1.82) is 0 Å². The molecule has 1 aliphatic rings. The number of aliphatic hydroxyl groups is 1. The largest absolute Gasteiger partial charge is 0.503 e. The van der Waals surface area contributed by atoms with Crippen LogP contribution in [-0.4, -0.2) is 33.6 Å². The SMILES string of the molecule is CCOc1ccc(C2C(C(=O)c3cc4ccccc4o3)=C(O)C(=O)N2c2nnc(C)s2)cc1. The molecule has 8 nitrogen and oxygen atoms in total. The number of rotatable bonds is 6. The summed E-state index contributed by atoms with van der Waals surface area (Å²) < 4.78 is 11.2. The maximum absolute atomic E-state index is 13.6. The van der Waals surface area contributed by atoms with Gasteiger partial charge in [0.1, 0.15) is 16.3 Å². The number of para-hydroxylation sites is 1. The molecule has 1 unspecified atom stereocenters. The number of amides is 1. The molecule has 0 fully saturated rings. The fourth-order valence-corrected chi connectivity index (χ4v) is 4.59. The van der Waals surface area contributed by atoms with Gasteiger partial charge in [-0.3, -0.25) is 14.5 Å². The first-order valence-corrected chi connectivity index (χ1v) is 11.1. The predicted molar refractivity (Wildman–Crippen MR) is 123 cm³/mol. The fourth-order valence-electron chi connectivity index (χ4n) is 3.87. The summed E-state index contributed by atoms with van der Waals surface area (Å²) in [4.78, 5) is 28.0. The molecule has 1 atom stereocenters. The van der Waals surface area contributed by atoms with Crippen LogP contribution in [0.15, 0.2) is 70.3 Å². The Bertz CT molecular complexity index is 1370. The molecule has 4 aromatic rings. The Kier molecular flexibility index (Phi) is 5.18. The van der Waals surface area contributed by atoms with Crippen molar-refractivity contribution in [3.63, 3.8) is 0 Å². The molecule has 9 heteroatoms. The van der Waals surface area contributed by atoms with Crippen molar-refractivity contribution in [3.05, 3.63) is 82.3 Å². The van der Waals surface area contributed by atoms with Gasteiger partial charge in [0, 0.05) is 5.39 Å². The second-order valence-electron chi connectivity index (χ2n) is 7.42. The van der Waals surface area contributed by atoms with Crippen LogP contribution >= 0.6 is 11.3 Å². The Morgan fingerprint density at radius 3 is 2.61 bits per heavy atom. The molecule has 5 rings (SSSR count). The number of ether oxygens (including phenoxy) is 1. The van der Waals surface area contributed by atoms with Crippen molar-refractivity contribution in [3.8, 4) is 5.75 Å². The van der Waals surface area contributed by atoms with Gasteiger partial charge in [0.25, 0.3) is 5.91 Å². The van der Waals surface area contributed by atoms with E-state index in [0.29, 0.717) is 28.5 Å². The number of carbonyl (C=O) groups is 2.